The van der Waals surface area contributed by atoms with Crippen LogP contribution in [-0.2, 0) is 5.41 Å². The third-order valence-corrected chi connectivity index (χ3v) is 4.66. The van der Waals surface area contributed by atoms with Gasteiger partial charge in [0.2, 0.25) is 0 Å². The number of nitrogens with zero attached hydrogens (tertiary/aromatic N) is 1. The Hall–Kier alpha value is -1.07. The molecule has 5 heteroatoms. The molecule has 2 aromatic heterocycles. The highest BCUT2D eigenvalue weighted by Crippen LogP contribution is 2.31. The van der Waals surface area contributed by atoms with E-state index in [1.165, 1.54) is 4.88 Å². The van der Waals surface area contributed by atoms with Crippen molar-refractivity contribution in [3.05, 3.63) is 39.3 Å². The van der Waals surface area contributed by atoms with Crippen LogP contribution in [0.4, 0.5) is 11.4 Å². The van der Waals surface area contributed by atoms with Gasteiger partial charge in [-0.2, -0.15) is 0 Å². The second-order valence-electron chi connectivity index (χ2n) is 4.80. The van der Waals surface area contributed by atoms with Gasteiger partial charge in [0.25, 0.3) is 0 Å². The molecule has 0 aliphatic rings. The fourth-order valence-corrected chi connectivity index (χ4v) is 3.04. The van der Waals surface area contributed by atoms with Crippen LogP contribution >= 0.6 is 27.3 Å². The van der Waals surface area contributed by atoms with Crippen molar-refractivity contribution in [2.75, 3.05) is 17.6 Å². The quantitative estimate of drug-likeness (QED) is 0.896. The fourth-order valence-electron chi connectivity index (χ4n) is 1.70. The summed E-state index contributed by atoms with van der Waals surface area (Å²) in [4.78, 5) is 5.39. The lowest BCUT2D eigenvalue weighted by Crippen LogP contribution is -2.27. The number of aromatic nitrogens is 1. The van der Waals surface area contributed by atoms with Gasteiger partial charge in [-0.3, -0.25) is 4.98 Å². The van der Waals surface area contributed by atoms with Crippen molar-refractivity contribution < 1.29 is 0 Å². The number of rotatable bonds is 4. The van der Waals surface area contributed by atoms with Crippen LogP contribution in [0.5, 0.6) is 0 Å². The number of halogens is 1. The maximum Gasteiger partial charge on any atom is 0.0750 e. The molecule has 0 amide bonds. The Bertz CT molecular complexity index is 503. The standard InChI is InChI=1S/C13H16BrN3S/c1-13(2,11-4-3-5-18-11)8-17-12-9(14)6-16-7-10(12)15/h3-7H,8,15H2,1-2H3,(H,16,17). The van der Waals surface area contributed by atoms with Crippen LogP contribution in [0.15, 0.2) is 34.4 Å². The Kier molecular flexibility index (Phi) is 3.92. The highest BCUT2D eigenvalue weighted by molar-refractivity contribution is 9.10. The molecule has 0 saturated carbocycles. The largest absolute Gasteiger partial charge is 0.396 e. The second kappa shape index (κ2) is 5.28. The first kappa shape index (κ1) is 13.4. The molecule has 0 bridgehead atoms. The summed E-state index contributed by atoms with van der Waals surface area (Å²) < 4.78 is 0.893. The number of anilines is 2. The summed E-state index contributed by atoms with van der Waals surface area (Å²) in [6.07, 6.45) is 3.40. The Morgan fingerprint density at radius 3 is 2.83 bits per heavy atom. The van der Waals surface area contributed by atoms with E-state index in [1.807, 2.05) is 0 Å². The normalized spacial score (nSPS) is 11.5. The van der Waals surface area contributed by atoms with E-state index in [0.29, 0.717) is 5.69 Å². The monoisotopic (exact) mass is 325 g/mol. The summed E-state index contributed by atoms with van der Waals surface area (Å²) in [6, 6.07) is 4.25. The van der Waals surface area contributed by atoms with Gasteiger partial charge in [0, 0.05) is 23.0 Å². The fraction of sp³-hybridized carbons (Fsp3) is 0.308. The first-order chi connectivity index (χ1) is 8.50. The van der Waals surface area contributed by atoms with Crippen molar-refractivity contribution in [3.63, 3.8) is 0 Å². The number of hydrogen-bond donors (Lipinski definition) is 2. The van der Waals surface area contributed by atoms with Crippen LogP contribution < -0.4 is 11.1 Å². The molecule has 0 aliphatic heterocycles. The van der Waals surface area contributed by atoms with Crippen LogP contribution in [0.1, 0.15) is 18.7 Å². The van der Waals surface area contributed by atoms with Crippen LogP contribution in [-0.4, -0.2) is 11.5 Å². The molecule has 0 fully saturated rings. The van der Waals surface area contributed by atoms with Crippen molar-refractivity contribution in [1.29, 1.82) is 0 Å². The molecule has 0 radical (unpaired) electrons. The zero-order valence-electron chi connectivity index (χ0n) is 10.4. The molecule has 18 heavy (non-hydrogen) atoms. The molecule has 0 unspecified atom stereocenters. The zero-order valence-corrected chi connectivity index (χ0v) is 12.8. The molecule has 96 valence electrons. The summed E-state index contributed by atoms with van der Waals surface area (Å²) in [5.74, 6) is 0. The van der Waals surface area contributed by atoms with E-state index in [-0.39, 0.29) is 5.41 Å². The smallest absolute Gasteiger partial charge is 0.0750 e. The number of thiophene rings is 1. The third-order valence-electron chi connectivity index (χ3n) is 2.82. The predicted octanol–water partition coefficient (Wildman–Crippen LogP) is 3.88. The summed E-state index contributed by atoms with van der Waals surface area (Å²) in [5, 5.41) is 5.51. The van der Waals surface area contributed by atoms with Gasteiger partial charge < -0.3 is 11.1 Å². The Labute approximate surface area is 120 Å². The van der Waals surface area contributed by atoms with Gasteiger partial charge in [0.1, 0.15) is 0 Å². The number of nitrogens with one attached hydrogen (secondary N) is 1. The minimum absolute atomic E-state index is 0.0727. The molecule has 3 N–H and O–H groups in total. The van der Waals surface area contributed by atoms with Crippen molar-refractivity contribution >= 4 is 38.6 Å². The van der Waals surface area contributed by atoms with Crippen molar-refractivity contribution in [2.24, 2.45) is 0 Å². The van der Waals surface area contributed by atoms with E-state index in [9.17, 15) is 0 Å². The lowest BCUT2D eigenvalue weighted by molar-refractivity contribution is 0.569. The molecule has 2 rings (SSSR count). The maximum absolute atomic E-state index is 5.92. The van der Waals surface area contributed by atoms with Crippen LogP contribution in [0.2, 0.25) is 0 Å². The maximum atomic E-state index is 5.92. The average Bonchev–Trinajstić information content (AvgIpc) is 2.82. The topological polar surface area (TPSA) is 50.9 Å². The first-order valence-electron chi connectivity index (χ1n) is 5.67. The number of pyridine rings is 1. The summed E-state index contributed by atoms with van der Waals surface area (Å²) in [5.41, 5.74) is 7.56. The zero-order chi connectivity index (χ0) is 13.2. The average molecular weight is 326 g/mol. The van der Waals surface area contributed by atoms with Gasteiger partial charge in [-0.05, 0) is 27.4 Å². The van der Waals surface area contributed by atoms with E-state index in [2.05, 4.69) is 57.6 Å². The first-order valence-corrected chi connectivity index (χ1v) is 7.35. The van der Waals surface area contributed by atoms with Crippen molar-refractivity contribution in [3.8, 4) is 0 Å². The molecular formula is C13H16BrN3S. The Morgan fingerprint density at radius 1 is 1.44 bits per heavy atom. The van der Waals surface area contributed by atoms with Crippen LogP contribution in [0.3, 0.4) is 0 Å². The van der Waals surface area contributed by atoms with E-state index >= 15 is 0 Å². The number of nitrogen functional groups attached to an aromatic ring is 1. The Balaban J connectivity index is 2.12. The summed E-state index contributed by atoms with van der Waals surface area (Å²) in [6.45, 7) is 5.26. The molecule has 0 aliphatic carbocycles. The molecule has 0 spiro atoms. The highest BCUT2D eigenvalue weighted by Gasteiger charge is 2.22. The number of hydrogen-bond acceptors (Lipinski definition) is 4. The highest BCUT2D eigenvalue weighted by atomic mass is 79.9. The minimum Gasteiger partial charge on any atom is -0.396 e. The molecular weight excluding hydrogens is 310 g/mol. The van der Waals surface area contributed by atoms with Crippen LogP contribution in [0.25, 0.3) is 0 Å². The second-order valence-corrected chi connectivity index (χ2v) is 6.60. The number of nitrogens with two attached hydrogens (primary N) is 1. The Morgan fingerprint density at radius 2 is 2.22 bits per heavy atom. The van der Waals surface area contributed by atoms with Crippen molar-refractivity contribution in [2.45, 2.75) is 19.3 Å². The van der Waals surface area contributed by atoms with Gasteiger partial charge in [-0.15, -0.1) is 11.3 Å². The molecule has 0 saturated heterocycles. The minimum atomic E-state index is 0.0727. The van der Waals surface area contributed by atoms with Gasteiger partial charge in [0.05, 0.1) is 22.0 Å². The van der Waals surface area contributed by atoms with Gasteiger partial charge in [-0.1, -0.05) is 19.9 Å². The van der Waals surface area contributed by atoms with E-state index in [4.69, 9.17) is 5.73 Å². The molecule has 0 atom stereocenters. The van der Waals surface area contributed by atoms with E-state index in [1.54, 1.807) is 23.7 Å². The van der Waals surface area contributed by atoms with Gasteiger partial charge in [0.15, 0.2) is 0 Å². The molecule has 2 heterocycles. The van der Waals surface area contributed by atoms with Gasteiger partial charge >= 0.3 is 0 Å². The summed E-state index contributed by atoms with van der Waals surface area (Å²) in [7, 11) is 0. The van der Waals surface area contributed by atoms with E-state index < -0.39 is 0 Å². The lowest BCUT2D eigenvalue weighted by atomic mass is 9.91. The third kappa shape index (κ3) is 2.84. The van der Waals surface area contributed by atoms with Crippen molar-refractivity contribution in [1.82, 2.24) is 4.98 Å². The lowest BCUT2D eigenvalue weighted by Gasteiger charge is -2.25. The van der Waals surface area contributed by atoms with E-state index in [0.717, 1.165) is 16.7 Å². The predicted molar refractivity (Wildman–Crippen MR) is 82.2 cm³/mol. The van der Waals surface area contributed by atoms with Gasteiger partial charge in [-0.25, -0.2) is 0 Å². The van der Waals surface area contributed by atoms with Crippen LogP contribution in [0, 0.1) is 0 Å². The molecule has 0 aromatic carbocycles. The molecule has 3 nitrogen and oxygen atoms in total. The molecule has 2 aromatic rings. The SMILES string of the molecule is CC(C)(CNc1c(N)cncc1Br)c1cccs1. The summed E-state index contributed by atoms with van der Waals surface area (Å²) >= 11 is 5.24.